The summed E-state index contributed by atoms with van der Waals surface area (Å²) in [5.74, 6) is 1.03. The van der Waals surface area contributed by atoms with E-state index in [0.29, 0.717) is 12.5 Å². The van der Waals surface area contributed by atoms with E-state index in [4.69, 9.17) is 0 Å². The van der Waals surface area contributed by atoms with Crippen LogP contribution in [0.5, 0.6) is 0 Å². The number of hydrogen-bond donors (Lipinski definition) is 0. The number of hydrogen-bond acceptors (Lipinski definition) is 3. The minimum Gasteiger partial charge on any atom is -0.342 e. The van der Waals surface area contributed by atoms with Gasteiger partial charge in [-0.25, -0.2) is 4.98 Å². The Balaban J connectivity index is 1.88. The summed E-state index contributed by atoms with van der Waals surface area (Å²) in [5.41, 5.74) is 0.915. The summed E-state index contributed by atoms with van der Waals surface area (Å²) in [6.45, 7) is 4.28. The summed E-state index contributed by atoms with van der Waals surface area (Å²) in [6, 6.07) is 0.438. The van der Waals surface area contributed by atoms with Crippen molar-refractivity contribution in [2.45, 2.75) is 52.0 Å². The summed E-state index contributed by atoms with van der Waals surface area (Å²) in [7, 11) is 1.95. The number of aryl methyl sites for hydroxylation is 1. The molecule has 100 valence electrons. The molecule has 1 saturated carbocycles. The molecule has 0 bridgehead atoms. The van der Waals surface area contributed by atoms with Gasteiger partial charge in [0.2, 0.25) is 5.91 Å². The summed E-state index contributed by atoms with van der Waals surface area (Å²) >= 11 is 1.61. The number of likely N-dealkylation sites (N-methyl/N-ethyl adjacent to an activating group) is 1. The molecule has 0 spiro atoms. The Morgan fingerprint density at radius 1 is 1.44 bits per heavy atom. The molecule has 1 fully saturated rings. The van der Waals surface area contributed by atoms with Crippen LogP contribution in [0.3, 0.4) is 0 Å². The standard InChI is InChI=1S/C14H22N2OS/c1-10-4-6-13(7-5-10)16(3)14(17)8-12-9-18-11(2)15-12/h9-10,13H,4-8H2,1-3H3. The number of carbonyl (C=O) groups excluding carboxylic acids is 1. The molecule has 1 aliphatic carbocycles. The van der Waals surface area contributed by atoms with E-state index in [1.807, 2.05) is 24.3 Å². The van der Waals surface area contributed by atoms with E-state index in [1.165, 1.54) is 12.8 Å². The van der Waals surface area contributed by atoms with Crippen molar-refractivity contribution in [2.24, 2.45) is 5.92 Å². The fourth-order valence-electron chi connectivity index (χ4n) is 2.60. The van der Waals surface area contributed by atoms with E-state index in [-0.39, 0.29) is 5.91 Å². The number of thiazole rings is 1. The van der Waals surface area contributed by atoms with Crippen LogP contribution in [0.25, 0.3) is 0 Å². The van der Waals surface area contributed by atoms with Crippen molar-refractivity contribution in [1.82, 2.24) is 9.88 Å². The zero-order valence-electron chi connectivity index (χ0n) is 11.5. The summed E-state index contributed by atoms with van der Waals surface area (Å²) in [5, 5.41) is 3.02. The first-order chi connectivity index (χ1) is 8.56. The summed E-state index contributed by atoms with van der Waals surface area (Å²) in [4.78, 5) is 18.5. The highest BCUT2D eigenvalue weighted by atomic mass is 32.1. The van der Waals surface area contributed by atoms with Gasteiger partial charge >= 0.3 is 0 Å². The zero-order valence-corrected chi connectivity index (χ0v) is 12.3. The minimum absolute atomic E-state index is 0.208. The second-order valence-corrected chi connectivity index (χ2v) is 6.52. The molecule has 0 atom stereocenters. The SMILES string of the molecule is Cc1nc(CC(=O)N(C)C2CCC(C)CC2)cs1. The monoisotopic (exact) mass is 266 g/mol. The van der Waals surface area contributed by atoms with Gasteiger partial charge in [-0.2, -0.15) is 0 Å². The van der Waals surface area contributed by atoms with Crippen LogP contribution in [0.4, 0.5) is 0 Å². The smallest absolute Gasteiger partial charge is 0.228 e. The first kappa shape index (κ1) is 13.5. The highest BCUT2D eigenvalue weighted by molar-refractivity contribution is 7.09. The van der Waals surface area contributed by atoms with Gasteiger partial charge in [0.05, 0.1) is 17.1 Å². The lowest BCUT2D eigenvalue weighted by Gasteiger charge is -2.33. The van der Waals surface area contributed by atoms with Crippen LogP contribution in [-0.4, -0.2) is 28.9 Å². The normalized spacial score (nSPS) is 23.9. The number of aromatic nitrogens is 1. The summed E-state index contributed by atoms with van der Waals surface area (Å²) < 4.78 is 0. The Bertz CT molecular complexity index is 408. The highest BCUT2D eigenvalue weighted by Gasteiger charge is 2.24. The maximum absolute atomic E-state index is 12.2. The van der Waals surface area contributed by atoms with E-state index in [1.54, 1.807) is 11.3 Å². The number of amides is 1. The molecule has 1 amide bonds. The molecular weight excluding hydrogens is 244 g/mol. The third-order valence-electron chi connectivity index (χ3n) is 3.93. The maximum Gasteiger partial charge on any atom is 0.228 e. The van der Waals surface area contributed by atoms with Crippen molar-refractivity contribution >= 4 is 17.2 Å². The molecule has 0 aliphatic heterocycles. The van der Waals surface area contributed by atoms with Gasteiger partial charge in [0.1, 0.15) is 0 Å². The number of rotatable bonds is 3. The lowest BCUT2D eigenvalue weighted by atomic mass is 9.86. The fraction of sp³-hybridized carbons (Fsp3) is 0.714. The fourth-order valence-corrected chi connectivity index (χ4v) is 3.22. The molecule has 4 heteroatoms. The molecule has 0 saturated heterocycles. The van der Waals surface area contributed by atoms with Crippen LogP contribution >= 0.6 is 11.3 Å². The molecule has 1 aliphatic rings. The van der Waals surface area contributed by atoms with Crippen molar-refractivity contribution < 1.29 is 4.79 Å². The van der Waals surface area contributed by atoms with Crippen molar-refractivity contribution in [3.63, 3.8) is 0 Å². The predicted octanol–water partition coefficient (Wildman–Crippen LogP) is 3.03. The van der Waals surface area contributed by atoms with Crippen LogP contribution in [0.2, 0.25) is 0 Å². The van der Waals surface area contributed by atoms with Gasteiger partial charge < -0.3 is 4.90 Å². The van der Waals surface area contributed by atoms with Gasteiger partial charge in [0.15, 0.2) is 0 Å². The minimum atomic E-state index is 0.208. The Kier molecular flexibility index (Phi) is 4.38. The van der Waals surface area contributed by atoms with Crippen LogP contribution in [-0.2, 0) is 11.2 Å². The number of nitrogens with zero attached hydrogens (tertiary/aromatic N) is 2. The van der Waals surface area contributed by atoms with E-state index >= 15 is 0 Å². The second-order valence-electron chi connectivity index (χ2n) is 5.45. The Labute approximate surface area is 113 Å². The third kappa shape index (κ3) is 3.31. The van der Waals surface area contributed by atoms with Crippen molar-refractivity contribution in [3.8, 4) is 0 Å². The van der Waals surface area contributed by atoms with Gasteiger partial charge in [-0.15, -0.1) is 11.3 Å². The molecule has 1 aromatic heterocycles. The molecule has 0 unspecified atom stereocenters. The van der Waals surface area contributed by atoms with Gasteiger partial charge in [-0.3, -0.25) is 4.79 Å². The van der Waals surface area contributed by atoms with Crippen LogP contribution < -0.4 is 0 Å². The van der Waals surface area contributed by atoms with Crippen molar-refractivity contribution in [2.75, 3.05) is 7.05 Å². The molecular formula is C14H22N2OS. The number of carbonyl (C=O) groups is 1. The van der Waals surface area contributed by atoms with Crippen molar-refractivity contribution in [3.05, 3.63) is 16.1 Å². The topological polar surface area (TPSA) is 33.2 Å². The third-order valence-corrected chi connectivity index (χ3v) is 4.75. The average Bonchev–Trinajstić information content (AvgIpc) is 2.75. The van der Waals surface area contributed by atoms with E-state index in [9.17, 15) is 4.79 Å². The Morgan fingerprint density at radius 3 is 2.67 bits per heavy atom. The molecule has 0 radical (unpaired) electrons. The highest BCUT2D eigenvalue weighted by Crippen LogP contribution is 2.26. The van der Waals surface area contributed by atoms with E-state index in [2.05, 4.69) is 11.9 Å². The van der Waals surface area contributed by atoms with Gasteiger partial charge in [0, 0.05) is 18.5 Å². The molecule has 2 rings (SSSR count). The largest absolute Gasteiger partial charge is 0.342 e. The maximum atomic E-state index is 12.2. The molecule has 18 heavy (non-hydrogen) atoms. The predicted molar refractivity (Wildman–Crippen MR) is 74.7 cm³/mol. The van der Waals surface area contributed by atoms with Crippen LogP contribution in [0, 0.1) is 12.8 Å². The summed E-state index contributed by atoms with van der Waals surface area (Å²) in [6.07, 6.45) is 5.25. The van der Waals surface area contributed by atoms with Crippen LogP contribution in [0.15, 0.2) is 5.38 Å². The first-order valence-corrected chi connectivity index (χ1v) is 7.61. The lowest BCUT2D eigenvalue weighted by molar-refractivity contribution is -0.132. The molecule has 0 N–H and O–H groups in total. The molecule has 3 nitrogen and oxygen atoms in total. The molecule has 0 aromatic carbocycles. The van der Waals surface area contributed by atoms with Gasteiger partial charge in [-0.05, 0) is 38.5 Å². The van der Waals surface area contributed by atoms with E-state index < -0.39 is 0 Å². The second kappa shape index (κ2) is 5.83. The molecule has 1 aromatic rings. The zero-order chi connectivity index (χ0) is 13.1. The molecule has 1 heterocycles. The quantitative estimate of drug-likeness (QED) is 0.842. The van der Waals surface area contributed by atoms with Crippen molar-refractivity contribution in [1.29, 1.82) is 0 Å². The van der Waals surface area contributed by atoms with Crippen LogP contribution in [0.1, 0.15) is 43.3 Å². The average molecular weight is 266 g/mol. The lowest BCUT2D eigenvalue weighted by Crippen LogP contribution is -2.40. The van der Waals surface area contributed by atoms with Gasteiger partial charge in [0.25, 0.3) is 0 Å². The van der Waals surface area contributed by atoms with E-state index in [0.717, 1.165) is 29.5 Å². The van der Waals surface area contributed by atoms with Gasteiger partial charge in [-0.1, -0.05) is 6.92 Å². The Hall–Kier alpha value is -0.900. The Morgan fingerprint density at radius 2 is 2.11 bits per heavy atom. The first-order valence-electron chi connectivity index (χ1n) is 6.73.